The van der Waals surface area contributed by atoms with Crippen molar-refractivity contribution in [3.05, 3.63) is 59.7 Å². The van der Waals surface area contributed by atoms with Gasteiger partial charge in [-0.3, -0.25) is 13.8 Å². The van der Waals surface area contributed by atoms with Gasteiger partial charge in [-0.05, 0) is 60.4 Å². The van der Waals surface area contributed by atoms with Crippen molar-refractivity contribution in [2.45, 2.75) is 24.3 Å². The Morgan fingerprint density at radius 3 is 1.41 bits per heavy atom. The molecule has 2 N–H and O–H groups in total. The van der Waals surface area contributed by atoms with Crippen LogP contribution in [0.3, 0.4) is 0 Å². The minimum atomic E-state index is -1.58. The third-order valence-electron chi connectivity index (χ3n) is 5.87. The summed E-state index contributed by atoms with van der Waals surface area (Å²) in [4.78, 5) is 25.9. The van der Waals surface area contributed by atoms with Crippen molar-refractivity contribution in [1.29, 1.82) is 0 Å². The average Bonchev–Trinajstić information content (AvgIpc) is 3.22. The number of fused-ring (bicyclic) bond motifs is 2. The van der Waals surface area contributed by atoms with Crippen LogP contribution in [0, 0.1) is 11.8 Å². The van der Waals surface area contributed by atoms with E-state index in [1.165, 1.54) is 24.3 Å². The van der Waals surface area contributed by atoms with E-state index in [4.69, 9.17) is 9.47 Å². The molecular weight excluding hydrogens is 432 g/mol. The number of carbonyl (C=O) groups is 2. The SMILES string of the molecule is CCOC(=O)[C@@H]1[C@H](C(=O)OCC)[C@@H]2C(c3ccc(O)cc3)=C(c3ccc(O)cc3)[C@H]1S2=O. The molecule has 7 nitrogen and oxygen atoms in total. The highest BCUT2D eigenvalue weighted by Crippen LogP contribution is 2.56. The molecule has 0 aliphatic carbocycles. The fraction of sp³-hybridized carbons (Fsp3) is 0.333. The lowest BCUT2D eigenvalue weighted by atomic mass is 9.72. The number of ether oxygens (including phenoxy) is 2. The van der Waals surface area contributed by atoms with Gasteiger partial charge in [-0.15, -0.1) is 0 Å². The van der Waals surface area contributed by atoms with Gasteiger partial charge in [-0.1, -0.05) is 24.3 Å². The molecule has 0 amide bonds. The van der Waals surface area contributed by atoms with E-state index >= 15 is 0 Å². The average molecular weight is 457 g/mol. The molecule has 2 aromatic rings. The highest BCUT2D eigenvalue weighted by molar-refractivity contribution is 7.88. The van der Waals surface area contributed by atoms with E-state index in [-0.39, 0.29) is 24.7 Å². The number of hydrogen-bond donors (Lipinski definition) is 2. The lowest BCUT2D eigenvalue weighted by Gasteiger charge is -2.30. The summed E-state index contributed by atoms with van der Waals surface area (Å²) < 4.78 is 24.2. The van der Waals surface area contributed by atoms with Gasteiger partial charge in [0.25, 0.3) is 0 Å². The molecule has 0 saturated carbocycles. The fourth-order valence-corrected chi connectivity index (χ4v) is 7.11. The Labute approximate surface area is 188 Å². The molecule has 2 heterocycles. The van der Waals surface area contributed by atoms with Gasteiger partial charge in [0.1, 0.15) is 11.5 Å². The lowest BCUT2D eigenvalue weighted by molar-refractivity contribution is -0.159. The van der Waals surface area contributed by atoms with Crippen LogP contribution in [0.25, 0.3) is 11.1 Å². The topological polar surface area (TPSA) is 110 Å². The summed E-state index contributed by atoms with van der Waals surface area (Å²) >= 11 is 0. The summed E-state index contributed by atoms with van der Waals surface area (Å²) in [7, 11) is -1.58. The maximum Gasteiger partial charge on any atom is 0.311 e. The van der Waals surface area contributed by atoms with E-state index in [1.807, 2.05) is 0 Å². The van der Waals surface area contributed by atoms with Crippen LogP contribution in [0.4, 0.5) is 0 Å². The van der Waals surface area contributed by atoms with Crippen LogP contribution < -0.4 is 0 Å². The van der Waals surface area contributed by atoms with E-state index in [1.54, 1.807) is 38.1 Å². The summed E-state index contributed by atoms with van der Waals surface area (Å²) in [6.45, 7) is 3.63. The predicted molar refractivity (Wildman–Crippen MR) is 119 cm³/mol. The van der Waals surface area contributed by atoms with Crippen LogP contribution in [0.1, 0.15) is 25.0 Å². The summed E-state index contributed by atoms with van der Waals surface area (Å²) in [5.74, 6) is -2.87. The van der Waals surface area contributed by atoms with Gasteiger partial charge in [0.15, 0.2) is 0 Å². The highest BCUT2D eigenvalue weighted by atomic mass is 32.2. The number of hydrogen-bond acceptors (Lipinski definition) is 7. The fourth-order valence-electron chi connectivity index (χ4n) is 4.66. The first kappa shape index (κ1) is 22.1. The van der Waals surface area contributed by atoms with Crippen LogP contribution in [0.2, 0.25) is 0 Å². The van der Waals surface area contributed by atoms with Gasteiger partial charge in [-0.2, -0.15) is 0 Å². The second kappa shape index (κ2) is 8.78. The Morgan fingerprint density at radius 1 is 0.750 bits per heavy atom. The van der Waals surface area contributed by atoms with Crippen molar-refractivity contribution in [1.82, 2.24) is 0 Å². The number of benzene rings is 2. The minimum Gasteiger partial charge on any atom is -0.508 e. The summed E-state index contributed by atoms with van der Waals surface area (Å²) in [6.07, 6.45) is 0. The molecule has 2 bridgehead atoms. The number of phenolic OH excluding ortho intramolecular Hbond substituents is 2. The molecule has 8 heteroatoms. The van der Waals surface area contributed by atoms with Gasteiger partial charge in [-0.25, -0.2) is 0 Å². The van der Waals surface area contributed by atoms with E-state index in [0.29, 0.717) is 22.3 Å². The molecular formula is C24H24O7S. The first-order valence-corrected chi connectivity index (χ1v) is 11.7. The molecule has 2 aromatic carbocycles. The second-order valence-corrected chi connectivity index (χ2v) is 9.32. The van der Waals surface area contributed by atoms with Crippen molar-refractivity contribution in [2.24, 2.45) is 11.8 Å². The second-order valence-electron chi connectivity index (χ2n) is 7.65. The molecule has 32 heavy (non-hydrogen) atoms. The van der Waals surface area contributed by atoms with Gasteiger partial charge in [0.05, 0.1) is 35.5 Å². The van der Waals surface area contributed by atoms with Gasteiger partial charge in [0, 0.05) is 10.8 Å². The maximum absolute atomic E-state index is 13.7. The van der Waals surface area contributed by atoms with Gasteiger partial charge < -0.3 is 19.7 Å². The van der Waals surface area contributed by atoms with Gasteiger partial charge in [0.2, 0.25) is 0 Å². The van der Waals surface area contributed by atoms with Crippen LogP contribution in [-0.4, -0.2) is 50.1 Å². The highest BCUT2D eigenvalue weighted by Gasteiger charge is 2.64. The number of aromatic hydroxyl groups is 2. The van der Waals surface area contributed by atoms with E-state index < -0.39 is 45.1 Å². The van der Waals surface area contributed by atoms with E-state index in [2.05, 4.69) is 0 Å². The number of rotatable bonds is 6. The lowest BCUT2D eigenvalue weighted by Crippen LogP contribution is -2.40. The third kappa shape index (κ3) is 3.58. The van der Waals surface area contributed by atoms with Crippen molar-refractivity contribution in [3.8, 4) is 11.5 Å². The zero-order valence-corrected chi connectivity index (χ0v) is 18.5. The molecule has 0 aromatic heterocycles. The van der Waals surface area contributed by atoms with Crippen molar-refractivity contribution in [3.63, 3.8) is 0 Å². The molecule has 1 fully saturated rings. The molecule has 4 rings (SSSR count). The molecule has 1 unspecified atom stereocenters. The molecule has 1 saturated heterocycles. The molecule has 168 valence electrons. The number of esters is 2. The summed E-state index contributed by atoms with van der Waals surface area (Å²) in [5, 5.41) is 18.0. The first-order valence-electron chi connectivity index (χ1n) is 10.4. The van der Waals surface area contributed by atoms with Crippen LogP contribution >= 0.6 is 0 Å². The monoisotopic (exact) mass is 456 g/mol. The smallest absolute Gasteiger partial charge is 0.311 e. The third-order valence-corrected chi connectivity index (χ3v) is 7.93. The quantitative estimate of drug-likeness (QED) is 0.643. The van der Waals surface area contributed by atoms with Crippen molar-refractivity contribution < 1.29 is 33.5 Å². The Bertz CT molecular complexity index is 1000. The Kier molecular flexibility index (Phi) is 6.06. The molecule has 5 atom stereocenters. The Balaban J connectivity index is 1.95. The summed E-state index contributed by atoms with van der Waals surface area (Å²) in [6, 6.07) is 12.9. The van der Waals surface area contributed by atoms with Crippen molar-refractivity contribution in [2.75, 3.05) is 13.2 Å². The van der Waals surface area contributed by atoms with Crippen LogP contribution in [0.15, 0.2) is 48.5 Å². The number of phenols is 2. The minimum absolute atomic E-state index is 0.0798. The van der Waals surface area contributed by atoms with Crippen LogP contribution in [-0.2, 0) is 29.9 Å². The van der Waals surface area contributed by atoms with Crippen LogP contribution in [0.5, 0.6) is 11.5 Å². The van der Waals surface area contributed by atoms with Crippen molar-refractivity contribution >= 4 is 33.9 Å². The molecule has 0 spiro atoms. The number of carbonyl (C=O) groups excluding carboxylic acids is 2. The molecule has 0 radical (unpaired) electrons. The summed E-state index contributed by atoms with van der Waals surface area (Å²) in [5.41, 5.74) is 2.75. The maximum atomic E-state index is 13.7. The van der Waals surface area contributed by atoms with Gasteiger partial charge >= 0.3 is 11.9 Å². The van der Waals surface area contributed by atoms with E-state index in [9.17, 15) is 24.0 Å². The normalized spacial score (nSPS) is 26.2. The Morgan fingerprint density at radius 2 is 1.09 bits per heavy atom. The Hall–Kier alpha value is -3.13. The standard InChI is InChI=1S/C24H24O7S/c1-3-30-23(27)19-20(24(28)31-4-2)22-18(14-7-11-16(26)12-8-14)17(21(19)32(22)29)13-5-9-15(25)10-6-13/h5-12,19-22,25-26H,3-4H2,1-2H3/t19-,20+,21-,22+,32?. The molecule has 2 aliphatic heterocycles. The zero-order chi connectivity index (χ0) is 23.0. The molecule has 2 aliphatic rings. The first-order chi connectivity index (χ1) is 15.4. The zero-order valence-electron chi connectivity index (χ0n) is 17.7. The predicted octanol–water partition coefficient (Wildman–Crippen LogP) is 2.88. The van der Waals surface area contributed by atoms with E-state index in [0.717, 1.165) is 0 Å². The largest absolute Gasteiger partial charge is 0.508 e.